The number of nitrogens with one attached hydrogen (secondary N) is 1. The first-order chi connectivity index (χ1) is 10.2. The summed E-state index contributed by atoms with van der Waals surface area (Å²) >= 11 is 0. The minimum atomic E-state index is 0.436. The molecule has 0 radical (unpaired) electrons. The first-order valence-corrected chi connectivity index (χ1v) is 8.11. The highest BCUT2D eigenvalue weighted by atomic mass is 15.0. The molecule has 1 heterocycles. The van der Waals surface area contributed by atoms with Crippen molar-refractivity contribution in [1.29, 1.82) is 0 Å². The number of aryl methyl sites for hydroxylation is 2. The highest BCUT2D eigenvalue weighted by Gasteiger charge is 2.15. The van der Waals surface area contributed by atoms with Crippen LogP contribution in [0.15, 0.2) is 36.7 Å². The molecule has 0 spiro atoms. The van der Waals surface area contributed by atoms with Crippen LogP contribution in [-0.2, 0) is 19.4 Å². The van der Waals surface area contributed by atoms with Crippen molar-refractivity contribution >= 4 is 0 Å². The molecule has 1 aromatic carbocycles. The van der Waals surface area contributed by atoms with Crippen molar-refractivity contribution in [1.82, 2.24) is 9.88 Å². The van der Waals surface area contributed by atoms with Crippen LogP contribution in [0.25, 0.3) is 0 Å². The third-order valence-electron chi connectivity index (χ3n) is 4.64. The molecular formula is C19H26N2. The maximum Gasteiger partial charge on any atom is 0.0470 e. The topological polar surface area (TPSA) is 17.0 Å². The van der Waals surface area contributed by atoms with Gasteiger partial charge in [0.15, 0.2) is 0 Å². The van der Waals surface area contributed by atoms with E-state index in [0.717, 1.165) is 6.54 Å². The van der Waals surface area contributed by atoms with E-state index in [1.807, 2.05) is 7.05 Å². The lowest BCUT2D eigenvalue weighted by atomic mass is 9.99. The zero-order valence-electron chi connectivity index (χ0n) is 13.4. The molecule has 21 heavy (non-hydrogen) atoms. The van der Waals surface area contributed by atoms with E-state index in [-0.39, 0.29) is 0 Å². The summed E-state index contributed by atoms with van der Waals surface area (Å²) in [5, 5.41) is 3.42. The average Bonchev–Trinajstić information content (AvgIpc) is 3.08. The Bertz CT molecular complexity index is 610. The number of hydrogen-bond acceptors (Lipinski definition) is 1. The Morgan fingerprint density at radius 3 is 2.71 bits per heavy atom. The van der Waals surface area contributed by atoms with E-state index in [1.54, 1.807) is 11.1 Å². The third kappa shape index (κ3) is 3.06. The van der Waals surface area contributed by atoms with Gasteiger partial charge >= 0.3 is 0 Å². The van der Waals surface area contributed by atoms with Crippen molar-refractivity contribution in [3.63, 3.8) is 0 Å². The lowest BCUT2D eigenvalue weighted by Gasteiger charge is -2.18. The molecule has 112 valence electrons. The lowest BCUT2D eigenvalue weighted by Crippen LogP contribution is -2.21. The van der Waals surface area contributed by atoms with Crippen molar-refractivity contribution in [3.05, 3.63) is 58.9 Å². The van der Waals surface area contributed by atoms with Gasteiger partial charge in [-0.15, -0.1) is 0 Å². The van der Waals surface area contributed by atoms with Crippen LogP contribution in [0.5, 0.6) is 0 Å². The Labute approximate surface area is 128 Å². The molecule has 2 heteroatoms. The Balaban J connectivity index is 1.75. The van der Waals surface area contributed by atoms with Crippen LogP contribution >= 0.6 is 0 Å². The van der Waals surface area contributed by atoms with Gasteiger partial charge in [-0.2, -0.15) is 0 Å². The fourth-order valence-electron chi connectivity index (χ4n) is 3.56. The summed E-state index contributed by atoms with van der Waals surface area (Å²) in [6.07, 6.45) is 8.34. The maximum atomic E-state index is 3.42. The first kappa shape index (κ1) is 14.4. The highest BCUT2D eigenvalue weighted by Crippen LogP contribution is 2.24. The standard InChI is InChI=1S/C19H26N2/c1-14(2)19(20-3)18-9-10-21(13-18)12-15-7-8-16-5-4-6-17(16)11-15/h7-11,13-14,19-20H,4-6,12H2,1-3H3. The molecule has 0 saturated heterocycles. The average molecular weight is 282 g/mol. The van der Waals surface area contributed by atoms with Crippen LogP contribution in [0, 0.1) is 5.92 Å². The zero-order chi connectivity index (χ0) is 14.8. The molecule has 1 unspecified atom stereocenters. The van der Waals surface area contributed by atoms with E-state index < -0.39 is 0 Å². The van der Waals surface area contributed by atoms with Gasteiger partial charge in [0.05, 0.1) is 0 Å². The Morgan fingerprint density at radius 1 is 1.14 bits per heavy atom. The largest absolute Gasteiger partial charge is 0.350 e. The second kappa shape index (κ2) is 6.07. The Morgan fingerprint density at radius 2 is 1.95 bits per heavy atom. The number of nitrogens with zero attached hydrogens (tertiary/aromatic N) is 1. The van der Waals surface area contributed by atoms with Crippen molar-refractivity contribution < 1.29 is 0 Å². The van der Waals surface area contributed by atoms with Crippen LogP contribution in [0.4, 0.5) is 0 Å². The molecule has 0 fully saturated rings. The molecule has 0 saturated carbocycles. The van der Waals surface area contributed by atoms with Gasteiger partial charge in [0, 0.05) is 25.0 Å². The monoisotopic (exact) mass is 282 g/mol. The summed E-state index contributed by atoms with van der Waals surface area (Å²) in [5.41, 5.74) is 5.93. The molecule has 1 aliphatic rings. The Hall–Kier alpha value is -1.54. The molecule has 1 N–H and O–H groups in total. The summed E-state index contributed by atoms with van der Waals surface area (Å²) in [6.45, 7) is 5.50. The molecule has 2 aromatic rings. The minimum absolute atomic E-state index is 0.436. The van der Waals surface area contributed by atoms with Gasteiger partial charge < -0.3 is 9.88 Å². The van der Waals surface area contributed by atoms with E-state index in [2.05, 4.69) is 60.4 Å². The molecule has 1 aliphatic carbocycles. The summed E-state index contributed by atoms with van der Waals surface area (Å²) in [4.78, 5) is 0. The molecule has 1 aromatic heterocycles. The van der Waals surface area contributed by atoms with Gasteiger partial charge in [-0.1, -0.05) is 32.0 Å². The number of rotatable bonds is 5. The van der Waals surface area contributed by atoms with Gasteiger partial charge in [0.1, 0.15) is 0 Å². The normalized spacial score (nSPS) is 15.4. The van der Waals surface area contributed by atoms with Gasteiger partial charge in [-0.05, 0) is 60.5 Å². The van der Waals surface area contributed by atoms with Gasteiger partial charge in [-0.25, -0.2) is 0 Å². The molecule has 0 bridgehead atoms. The lowest BCUT2D eigenvalue weighted by molar-refractivity contribution is 0.443. The van der Waals surface area contributed by atoms with E-state index in [9.17, 15) is 0 Å². The van der Waals surface area contributed by atoms with Crippen molar-refractivity contribution in [2.45, 2.75) is 45.7 Å². The van der Waals surface area contributed by atoms with E-state index in [1.165, 1.54) is 30.4 Å². The SMILES string of the molecule is CNC(c1ccn(Cc2ccc3c(c2)CCC3)c1)C(C)C. The summed E-state index contributed by atoms with van der Waals surface area (Å²) in [6, 6.07) is 9.70. The first-order valence-electron chi connectivity index (χ1n) is 8.11. The van der Waals surface area contributed by atoms with Crippen LogP contribution in [0.3, 0.4) is 0 Å². The van der Waals surface area contributed by atoms with Gasteiger partial charge in [0.2, 0.25) is 0 Å². The fourth-order valence-corrected chi connectivity index (χ4v) is 3.56. The summed E-state index contributed by atoms with van der Waals surface area (Å²) in [7, 11) is 2.04. The smallest absolute Gasteiger partial charge is 0.0470 e. The number of benzene rings is 1. The molecule has 2 nitrogen and oxygen atoms in total. The van der Waals surface area contributed by atoms with Crippen LogP contribution < -0.4 is 5.32 Å². The highest BCUT2D eigenvalue weighted by molar-refractivity contribution is 5.35. The molecule has 1 atom stereocenters. The molecule has 3 rings (SSSR count). The quantitative estimate of drug-likeness (QED) is 0.879. The van der Waals surface area contributed by atoms with Gasteiger partial charge in [0.25, 0.3) is 0 Å². The zero-order valence-corrected chi connectivity index (χ0v) is 13.4. The molecule has 0 aliphatic heterocycles. The number of hydrogen-bond donors (Lipinski definition) is 1. The van der Waals surface area contributed by atoms with E-state index in [4.69, 9.17) is 0 Å². The van der Waals surface area contributed by atoms with Crippen LogP contribution in [0.2, 0.25) is 0 Å². The second-order valence-electron chi connectivity index (χ2n) is 6.58. The minimum Gasteiger partial charge on any atom is -0.350 e. The number of fused-ring (bicyclic) bond motifs is 1. The Kier molecular flexibility index (Phi) is 4.16. The van der Waals surface area contributed by atoms with E-state index >= 15 is 0 Å². The third-order valence-corrected chi connectivity index (χ3v) is 4.64. The second-order valence-corrected chi connectivity index (χ2v) is 6.58. The predicted octanol–water partition coefficient (Wildman–Crippen LogP) is 3.94. The molecular weight excluding hydrogens is 256 g/mol. The molecule has 0 amide bonds. The fraction of sp³-hybridized carbons (Fsp3) is 0.474. The van der Waals surface area contributed by atoms with Crippen molar-refractivity contribution in [3.8, 4) is 0 Å². The van der Waals surface area contributed by atoms with Gasteiger partial charge in [-0.3, -0.25) is 0 Å². The number of aromatic nitrogens is 1. The van der Waals surface area contributed by atoms with Crippen LogP contribution in [-0.4, -0.2) is 11.6 Å². The van der Waals surface area contributed by atoms with Crippen molar-refractivity contribution in [2.75, 3.05) is 7.05 Å². The van der Waals surface area contributed by atoms with Crippen LogP contribution in [0.1, 0.15) is 48.6 Å². The summed E-state index contributed by atoms with van der Waals surface area (Å²) in [5.74, 6) is 0.603. The van der Waals surface area contributed by atoms with Crippen molar-refractivity contribution in [2.24, 2.45) is 5.92 Å². The summed E-state index contributed by atoms with van der Waals surface area (Å²) < 4.78 is 2.30. The van der Waals surface area contributed by atoms with E-state index in [0.29, 0.717) is 12.0 Å². The predicted molar refractivity (Wildman–Crippen MR) is 88.6 cm³/mol. The maximum absolute atomic E-state index is 3.42.